The van der Waals surface area contributed by atoms with Crippen molar-refractivity contribution >= 4 is 30.5 Å². The number of ether oxygens (including phenoxy) is 7. The Bertz CT molecular complexity index is 1960. The fourth-order valence-electron chi connectivity index (χ4n) is 7.23. The highest BCUT2D eigenvalue weighted by Gasteiger charge is 2.26. The summed E-state index contributed by atoms with van der Waals surface area (Å²) in [6.45, 7) is 6.20. The van der Waals surface area contributed by atoms with E-state index >= 15 is 0 Å². The molecule has 0 N–H and O–H groups in total. The van der Waals surface area contributed by atoms with Gasteiger partial charge in [0.15, 0.2) is 23.0 Å². The van der Waals surface area contributed by atoms with Crippen LogP contribution in [0, 0.1) is 0 Å². The van der Waals surface area contributed by atoms with Gasteiger partial charge in [0.2, 0.25) is 11.5 Å². The molecule has 0 aliphatic carbocycles. The van der Waals surface area contributed by atoms with Crippen molar-refractivity contribution in [2.45, 2.75) is 38.9 Å². The second-order valence-electron chi connectivity index (χ2n) is 13.1. The average molecular weight is 807 g/mol. The Morgan fingerprint density at radius 1 is 0.625 bits per heavy atom. The van der Waals surface area contributed by atoms with E-state index in [2.05, 4.69) is 75.4 Å². The molecule has 0 atom stereocenters. The minimum atomic E-state index is 0. The summed E-state index contributed by atoms with van der Waals surface area (Å²) in [6.07, 6.45) is 3.94. The molecular formula is C44H53Cl2N3O7. The summed E-state index contributed by atoms with van der Waals surface area (Å²) < 4.78 is 39.4. The van der Waals surface area contributed by atoms with Crippen LogP contribution in [0.2, 0.25) is 0 Å². The molecule has 0 radical (unpaired) electrons. The number of piperidine rings is 1. The Balaban J connectivity index is 0.00000348. The van der Waals surface area contributed by atoms with Gasteiger partial charge in [0.1, 0.15) is 5.75 Å². The van der Waals surface area contributed by atoms with Crippen LogP contribution in [0.1, 0.15) is 30.9 Å². The number of pyridine rings is 1. The quantitative estimate of drug-likeness (QED) is 0.0962. The first-order valence-electron chi connectivity index (χ1n) is 18.3. The van der Waals surface area contributed by atoms with Crippen LogP contribution in [-0.2, 0) is 13.1 Å². The van der Waals surface area contributed by atoms with Gasteiger partial charge in [0.25, 0.3) is 0 Å². The van der Waals surface area contributed by atoms with Gasteiger partial charge < -0.3 is 38.1 Å². The van der Waals surface area contributed by atoms with Crippen molar-refractivity contribution in [3.8, 4) is 62.6 Å². The number of halogens is 2. The number of hydrogen-bond acceptors (Lipinski definition) is 10. The Morgan fingerprint density at radius 2 is 1.20 bits per heavy atom. The topological polar surface area (TPSA) is 84.0 Å². The molecule has 0 saturated carbocycles. The van der Waals surface area contributed by atoms with Gasteiger partial charge in [-0.05, 0) is 109 Å². The third kappa shape index (κ3) is 10.0. The maximum atomic E-state index is 5.79. The molecule has 4 aromatic carbocycles. The zero-order chi connectivity index (χ0) is 38.0. The number of aromatic nitrogens is 1. The molecule has 0 spiro atoms. The van der Waals surface area contributed by atoms with Crippen LogP contribution in [0.5, 0.6) is 40.2 Å². The van der Waals surface area contributed by atoms with Crippen molar-refractivity contribution in [1.82, 2.24) is 9.88 Å². The molecule has 5 aromatic rings. The molecule has 1 saturated heterocycles. The number of likely N-dealkylation sites (tertiary alicyclic amines) is 1. The minimum Gasteiger partial charge on any atom is -0.494 e. The number of rotatable bonds is 16. The van der Waals surface area contributed by atoms with Crippen molar-refractivity contribution in [1.29, 1.82) is 0 Å². The molecule has 56 heavy (non-hydrogen) atoms. The van der Waals surface area contributed by atoms with Gasteiger partial charge in [0, 0.05) is 49.7 Å². The Morgan fingerprint density at radius 3 is 1.73 bits per heavy atom. The van der Waals surface area contributed by atoms with Crippen LogP contribution >= 0.6 is 24.8 Å². The molecule has 0 bridgehead atoms. The van der Waals surface area contributed by atoms with Gasteiger partial charge in [0.05, 0.1) is 55.0 Å². The second kappa shape index (κ2) is 20.8. The van der Waals surface area contributed by atoms with Gasteiger partial charge >= 0.3 is 0 Å². The van der Waals surface area contributed by atoms with Crippen LogP contribution in [0.3, 0.4) is 0 Å². The third-order valence-corrected chi connectivity index (χ3v) is 9.95. The summed E-state index contributed by atoms with van der Waals surface area (Å²) in [5, 5.41) is 0. The van der Waals surface area contributed by atoms with E-state index in [1.165, 1.54) is 16.8 Å². The highest BCUT2D eigenvalue weighted by Crippen LogP contribution is 2.42. The highest BCUT2D eigenvalue weighted by molar-refractivity contribution is 5.85. The van der Waals surface area contributed by atoms with E-state index in [1.807, 2.05) is 37.4 Å². The summed E-state index contributed by atoms with van der Waals surface area (Å²) >= 11 is 0. The summed E-state index contributed by atoms with van der Waals surface area (Å²) in [4.78, 5) is 9.77. The number of anilines is 1. The van der Waals surface area contributed by atoms with Crippen molar-refractivity contribution in [2.75, 3.05) is 67.3 Å². The number of methoxy groups -OCH3 is 6. The van der Waals surface area contributed by atoms with Crippen LogP contribution < -0.4 is 38.1 Å². The van der Waals surface area contributed by atoms with Crippen molar-refractivity contribution < 1.29 is 33.2 Å². The fraction of sp³-hybridized carbons (Fsp3) is 0.341. The van der Waals surface area contributed by atoms with E-state index in [-0.39, 0.29) is 24.8 Å². The predicted molar refractivity (Wildman–Crippen MR) is 227 cm³/mol. The monoisotopic (exact) mass is 805 g/mol. The minimum absolute atomic E-state index is 0. The molecule has 1 fully saturated rings. The number of hydrogen-bond donors (Lipinski definition) is 0. The number of benzene rings is 4. The van der Waals surface area contributed by atoms with E-state index < -0.39 is 0 Å². The first-order valence-corrected chi connectivity index (χ1v) is 18.3. The van der Waals surface area contributed by atoms with E-state index in [4.69, 9.17) is 33.2 Å². The van der Waals surface area contributed by atoms with Gasteiger partial charge in [-0.15, -0.1) is 24.8 Å². The van der Waals surface area contributed by atoms with E-state index in [9.17, 15) is 0 Å². The predicted octanol–water partition coefficient (Wildman–Crippen LogP) is 9.38. The Kier molecular flexibility index (Phi) is 16.2. The molecule has 2 heterocycles. The highest BCUT2D eigenvalue weighted by atomic mass is 35.5. The molecule has 0 unspecified atom stereocenters. The molecule has 1 aliphatic heterocycles. The first kappa shape index (κ1) is 43.7. The Hall–Kier alpha value is -5.03. The van der Waals surface area contributed by atoms with E-state index in [0.717, 1.165) is 67.2 Å². The normalized spacial score (nSPS) is 12.8. The summed E-state index contributed by atoms with van der Waals surface area (Å²) in [5.74, 6) is 4.48. The van der Waals surface area contributed by atoms with Gasteiger partial charge in [-0.25, -0.2) is 0 Å². The maximum Gasteiger partial charge on any atom is 0.203 e. The zero-order valence-electron chi connectivity index (χ0n) is 33.2. The SMILES string of the molecule is CCOc1ccc(N(Cc2cccc(-c3cc(OC)c(OC)c(OC)c3)c2)C2CCN(Cc3ccnc(-c4cc(OC)c(OC)c(OC)c4)c3)CC2)cc1.Cl.Cl. The molecule has 6 rings (SSSR count). The molecule has 0 amide bonds. The smallest absolute Gasteiger partial charge is 0.203 e. The molecule has 300 valence electrons. The van der Waals surface area contributed by atoms with E-state index in [0.29, 0.717) is 47.1 Å². The Labute approximate surface area is 343 Å². The van der Waals surface area contributed by atoms with Gasteiger partial charge in [-0.2, -0.15) is 0 Å². The average Bonchev–Trinajstić information content (AvgIpc) is 3.22. The fourth-order valence-corrected chi connectivity index (χ4v) is 7.23. The van der Waals surface area contributed by atoms with Crippen LogP contribution in [0.4, 0.5) is 5.69 Å². The molecule has 1 aliphatic rings. The second-order valence-corrected chi connectivity index (χ2v) is 13.1. The molecular weight excluding hydrogens is 753 g/mol. The summed E-state index contributed by atoms with van der Waals surface area (Å²) in [7, 11) is 9.76. The summed E-state index contributed by atoms with van der Waals surface area (Å²) in [6, 6.07) is 29.7. The maximum absolute atomic E-state index is 5.79. The van der Waals surface area contributed by atoms with Crippen LogP contribution in [0.15, 0.2) is 91.1 Å². The largest absolute Gasteiger partial charge is 0.494 e. The van der Waals surface area contributed by atoms with Crippen molar-refractivity contribution in [3.63, 3.8) is 0 Å². The lowest BCUT2D eigenvalue weighted by Gasteiger charge is -2.40. The standard InChI is InChI=1S/C44H51N3O7.2ClH/c1-8-54-37-14-12-35(13-15-37)47(29-30-10-9-11-32(22-30)33-24-39(48-2)43(52-6)40(25-33)49-3)36-17-20-46(21-18-36)28-31-16-19-45-38(23-31)34-26-41(50-4)44(53-7)42(27-34)51-5;;/h9-16,19,22-27,36H,8,17-18,20-21,28-29H2,1-7H3;2*1H. The van der Waals surface area contributed by atoms with Crippen molar-refractivity contribution in [2.24, 2.45) is 0 Å². The lowest BCUT2D eigenvalue weighted by Crippen LogP contribution is -2.44. The van der Waals surface area contributed by atoms with Gasteiger partial charge in [-0.1, -0.05) is 18.2 Å². The molecule has 1 aromatic heterocycles. The number of nitrogens with zero attached hydrogens (tertiary/aromatic N) is 3. The first-order chi connectivity index (χ1) is 26.4. The van der Waals surface area contributed by atoms with Crippen LogP contribution in [-0.4, -0.2) is 78.3 Å². The van der Waals surface area contributed by atoms with Gasteiger partial charge in [-0.3, -0.25) is 9.88 Å². The summed E-state index contributed by atoms with van der Waals surface area (Å²) in [5.41, 5.74) is 7.45. The third-order valence-electron chi connectivity index (χ3n) is 9.95. The van der Waals surface area contributed by atoms with E-state index in [1.54, 1.807) is 42.7 Å². The van der Waals surface area contributed by atoms with Crippen LogP contribution in [0.25, 0.3) is 22.4 Å². The lowest BCUT2D eigenvalue weighted by atomic mass is 9.98. The molecule has 12 heteroatoms. The zero-order valence-corrected chi connectivity index (χ0v) is 34.8. The van der Waals surface area contributed by atoms with Crippen molar-refractivity contribution in [3.05, 3.63) is 102 Å². The molecule has 10 nitrogen and oxygen atoms in total. The lowest BCUT2D eigenvalue weighted by molar-refractivity contribution is 0.201.